The molecule has 0 radical (unpaired) electrons. The lowest BCUT2D eigenvalue weighted by Gasteiger charge is -2.01. The van der Waals surface area contributed by atoms with E-state index in [1.54, 1.807) is 18.3 Å². The Morgan fingerprint density at radius 3 is 2.50 bits per heavy atom. The van der Waals surface area contributed by atoms with Gasteiger partial charge in [-0.25, -0.2) is 9.78 Å². The smallest absolute Gasteiger partial charge is 0.347 e. The number of nitrogens with one attached hydrogen (secondary N) is 1. The Morgan fingerprint density at radius 1 is 1.30 bits per heavy atom. The largest absolute Gasteiger partial charge is 0.477 e. The molecule has 1 amide bonds. The summed E-state index contributed by atoms with van der Waals surface area (Å²) in [6, 6.07) is 1.85. The third kappa shape index (κ3) is 3.05. The van der Waals surface area contributed by atoms with E-state index < -0.39 is 5.97 Å². The molecular formula is C13H14N2O3S2. The highest BCUT2D eigenvalue weighted by molar-refractivity contribution is 7.13. The van der Waals surface area contributed by atoms with Crippen molar-refractivity contribution < 1.29 is 14.7 Å². The number of aromatic nitrogens is 1. The van der Waals surface area contributed by atoms with Gasteiger partial charge >= 0.3 is 5.97 Å². The standard InChI is InChI=1S/C13H14N2O3S2/c1-6-4-9(8(3)19-6)12(16)14-5-10-15-7(2)11(20-10)13(17)18/h4H,5H2,1-3H3,(H,14,16)(H,17,18). The molecule has 7 heteroatoms. The Bertz CT molecular complexity index is 673. The van der Waals surface area contributed by atoms with Crippen LogP contribution in [0.5, 0.6) is 0 Å². The summed E-state index contributed by atoms with van der Waals surface area (Å²) in [5, 5.41) is 12.3. The maximum absolute atomic E-state index is 12.0. The minimum atomic E-state index is -0.984. The lowest BCUT2D eigenvalue weighted by Crippen LogP contribution is -2.22. The first kappa shape index (κ1) is 14.7. The number of nitrogens with zero attached hydrogens (tertiary/aromatic N) is 1. The SMILES string of the molecule is Cc1cc(C(=O)NCc2nc(C)c(C(=O)O)s2)c(C)s1. The first-order valence-electron chi connectivity index (χ1n) is 5.93. The van der Waals surface area contributed by atoms with Gasteiger partial charge in [0.05, 0.1) is 17.8 Å². The second-order valence-electron chi connectivity index (χ2n) is 4.34. The summed E-state index contributed by atoms with van der Waals surface area (Å²) in [6.45, 7) is 5.75. The number of amides is 1. The number of thiazole rings is 1. The van der Waals surface area contributed by atoms with E-state index in [9.17, 15) is 9.59 Å². The fourth-order valence-corrected chi connectivity index (χ4v) is 3.60. The minimum absolute atomic E-state index is 0.156. The van der Waals surface area contributed by atoms with Gasteiger partial charge < -0.3 is 10.4 Å². The van der Waals surface area contributed by atoms with Crippen molar-refractivity contribution in [2.45, 2.75) is 27.3 Å². The molecule has 106 valence electrons. The van der Waals surface area contributed by atoms with Crippen LogP contribution in [0.15, 0.2) is 6.07 Å². The van der Waals surface area contributed by atoms with Crippen molar-refractivity contribution in [3.63, 3.8) is 0 Å². The van der Waals surface area contributed by atoms with Crippen LogP contribution in [0, 0.1) is 20.8 Å². The molecule has 0 saturated carbocycles. The van der Waals surface area contributed by atoms with Gasteiger partial charge in [0, 0.05) is 9.75 Å². The maximum atomic E-state index is 12.0. The highest BCUT2D eigenvalue weighted by atomic mass is 32.1. The molecule has 0 spiro atoms. The van der Waals surface area contributed by atoms with E-state index >= 15 is 0 Å². The van der Waals surface area contributed by atoms with Gasteiger partial charge in [0.15, 0.2) is 0 Å². The van der Waals surface area contributed by atoms with Crippen LogP contribution in [-0.2, 0) is 6.54 Å². The van der Waals surface area contributed by atoms with Crippen molar-refractivity contribution >= 4 is 34.6 Å². The number of carboxylic acid groups (broad SMARTS) is 1. The number of hydrogen-bond acceptors (Lipinski definition) is 5. The zero-order valence-electron chi connectivity index (χ0n) is 11.3. The second kappa shape index (κ2) is 5.72. The van der Waals surface area contributed by atoms with Crippen LogP contribution in [0.3, 0.4) is 0 Å². The molecule has 0 aromatic carbocycles. The summed E-state index contributed by atoms with van der Waals surface area (Å²) in [7, 11) is 0. The van der Waals surface area contributed by atoms with E-state index in [0.717, 1.165) is 21.1 Å². The number of carbonyl (C=O) groups is 2. The normalized spacial score (nSPS) is 10.6. The van der Waals surface area contributed by atoms with Crippen molar-refractivity contribution in [1.29, 1.82) is 0 Å². The van der Waals surface area contributed by atoms with Crippen LogP contribution in [-0.4, -0.2) is 22.0 Å². The molecule has 5 nitrogen and oxygen atoms in total. The van der Waals surface area contributed by atoms with Crippen molar-refractivity contribution in [1.82, 2.24) is 10.3 Å². The molecule has 2 N–H and O–H groups in total. The van der Waals surface area contributed by atoms with E-state index in [2.05, 4.69) is 10.3 Å². The lowest BCUT2D eigenvalue weighted by atomic mass is 10.2. The van der Waals surface area contributed by atoms with E-state index in [0.29, 0.717) is 16.3 Å². The van der Waals surface area contributed by atoms with Crippen LogP contribution in [0.4, 0.5) is 0 Å². The molecule has 20 heavy (non-hydrogen) atoms. The number of aryl methyl sites for hydroxylation is 3. The molecule has 2 aromatic rings. The van der Waals surface area contributed by atoms with Gasteiger partial charge in [-0.05, 0) is 26.8 Å². The van der Waals surface area contributed by atoms with Gasteiger partial charge in [-0.1, -0.05) is 0 Å². The van der Waals surface area contributed by atoms with Gasteiger partial charge in [-0.15, -0.1) is 22.7 Å². The summed E-state index contributed by atoms with van der Waals surface area (Å²) in [4.78, 5) is 29.4. The highest BCUT2D eigenvalue weighted by Gasteiger charge is 2.16. The number of carbonyl (C=O) groups excluding carboxylic acids is 1. The van der Waals surface area contributed by atoms with Crippen LogP contribution in [0.1, 0.15) is 40.5 Å². The minimum Gasteiger partial charge on any atom is -0.477 e. The van der Waals surface area contributed by atoms with Crippen molar-refractivity contribution in [3.05, 3.63) is 37.0 Å². The number of carboxylic acids is 1. The van der Waals surface area contributed by atoms with Gasteiger partial charge in [0.1, 0.15) is 9.88 Å². The quantitative estimate of drug-likeness (QED) is 0.910. The zero-order valence-corrected chi connectivity index (χ0v) is 12.9. The van der Waals surface area contributed by atoms with Crippen molar-refractivity contribution in [2.24, 2.45) is 0 Å². The van der Waals surface area contributed by atoms with Crippen LogP contribution in [0.2, 0.25) is 0 Å². The molecule has 2 heterocycles. The molecular weight excluding hydrogens is 296 g/mol. The zero-order chi connectivity index (χ0) is 14.9. The maximum Gasteiger partial charge on any atom is 0.347 e. The Morgan fingerprint density at radius 2 is 2.00 bits per heavy atom. The monoisotopic (exact) mass is 310 g/mol. The third-order valence-electron chi connectivity index (χ3n) is 2.72. The number of aromatic carboxylic acids is 1. The van der Waals surface area contributed by atoms with Crippen LogP contribution >= 0.6 is 22.7 Å². The Kier molecular flexibility index (Phi) is 4.20. The molecule has 0 fully saturated rings. The van der Waals surface area contributed by atoms with E-state index in [1.165, 1.54) is 0 Å². The molecule has 0 aliphatic carbocycles. The fourth-order valence-electron chi connectivity index (χ4n) is 1.83. The molecule has 2 rings (SSSR count). The van der Waals surface area contributed by atoms with Gasteiger partial charge in [0.25, 0.3) is 5.91 Å². The third-order valence-corrected chi connectivity index (χ3v) is 4.83. The van der Waals surface area contributed by atoms with Gasteiger partial charge in [0.2, 0.25) is 0 Å². The Balaban J connectivity index is 2.05. The van der Waals surface area contributed by atoms with E-state index in [1.807, 2.05) is 19.9 Å². The number of thiophene rings is 1. The number of hydrogen-bond donors (Lipinski definition) is 2. The fraction of sp³-hybridized carbons (Fsp3) is 0.308. The highest BCUT2D eigenvalue weighted by Crippen LogP contribution is 2.21. The van der Waals surface area contributed by atoms with Crippen LogP contribution in [0.25, 0.3) is 0 Å². The van der Waals surface area contributed by atoms with E-state index in [4.69, 9.17) is 5.11 Å². The Labute approximate surface area is 124 Å². The van der Waals surface area contributed by atoms with Gasteiger partial charge in [-0.3, -0.25) is 4.79 Å². The summed E-state index contributed by atoms with van der Waals surface area (Å²) >= 11 is 2.67. The number of rotatable bonds is 4. The first-order valence-corrected chi connectivity index (χ1v) is 7.56. The summed E-state index contributed by atoms with van der Waals surface area (Å²) in [5.41, 5.74) is 1.15. The van der Waals surface area contributed by atoms with Crippen molar-refractivity contribution in [3.8, 4) is 0 Å². The second-order valence-corrected chi connectivity index (χ2v) is 6.88. The van der Waals surface area contributed by atoms with Crippen LogP contribution < -0.4 is 5.32 Å². The summed E-state index contributed by atoms with van der Waals surface area (Å²) in [6.07, 6.45) is 0. The Hall–Kier alpha value is -1.73. The molecule has 0 saturated heterocycles. The van der Waals surface area contributed by atoms with Crippen molar-refractivity contribution in [2.75, 3.05) is 0 Å². The molecule has 0 unspecified atom stereocenters. The summed E-state index contributed by atoms with van der Waals surface area (Å²) < 4.78 is 0. The lowest BCUT2D eigenvalue weighted by molar-refractivity contribution is 0.0701. The molecule has 0 atom stereocenters. The first-order chi connectivity index (χ1) is 9.38. The van der Waals surface area contributed by atoms with E-state index in [-0.39, 0.29) is 17.3 Å². The predicted molar refractivity (Wildman–Crippen MR) is 78.8 cm³/mol. The molecule has 0 aliphatic heterocycles. The molecule has 0 bridgehead atoms. The average Bonchev–Trinajstić information content (AvgIpc) is 2.89. The molecule has 2 aromatic heterocycles. The average molecular weight is 310 g/mol. The van der Waals surface area contributed by atoms with Gasteiger partial charge in [-0.2, -0.15) is 0 Å². The molecule has 0 aliphatic rings. The summed E-state index contributed by atoms with van der Waals surface area (Å²) in [5.74, 6) is -1.14. The topological polar surface area (TPSA) is 79.3 Å². The predicted octanol–water partition coefficient (Wildman–Crippen LogP) is 2.76.